The molecule has 1 amide bonds. The zero-order valence-electron chi connectivity index (χ0n) is 14.9. The fourth-order valence-corrected chi connectivity index (χ4v) is 3.76. The van der Waals surface area contributed by atoms with E-state index in [4.69, 9.17) is 9.47 Å². The Morgan fingerprint density at radius 1 is 1.38 bits per heavy atom. The predicted molar refractivity (Wildman–Crippen MR) is 95.6 cm³/mol. The van der Waals surface area contributed by atoms with E-state index in [1.165, 1.54) is 0 Å². The fraction of sp³-hybridized carbons (Fsp3) is 0.450. The quantitative estimate of drug-likeness (QED) is 0.825. The van der Waals surface area contributed by atoms with Crippen molar-refractivity contribution in [2.45, 2.75) is 25.6 Å². The van der Waals surface area contributed by atoms with Crippen molar-refractivity contribution in [3.63, 3.8) is 0 Å². The van der Waals surface area contributed by atoms with Crippen LogP contribution in [-0.2, 0) is 16.1 Å². The van der Waals surface area contributed by atoms with Gasteiger partial charge in [-0.05, 0) is 37.1 Å². The highest BCUT2D eigenvalue weighted by atomic mass is 16.5. The van der Waals surface area contributed by atoms with Crippen molar-refractivity contribution in [2.75, 3.05) is 26.3 Å². The molecule has 0 aliphatic carbocycles. The number of likely N-dealkylation sites (tertiary alicyclic amines) is 1. The molecule has 2 aromatic rings. The van der Waals surface area contributed by atoms with E-state index in [0.29, 0.717) is 37.8 Å². The minimum absolute atomic E-state index is 0.0236. The van der Waals surface area contributed by atoms with Crippen LogP contribution in [0.4, 0.5) is 0 Å². The van der Waals surface area contributed by atoms with Crippen LogP contribution in [0.3, 0.4) is 0 Å². The van der Waals surface area contributed by atoms with Crippen LogP contribution in [0.2, 0.25) is 0 Å². The van der Waals surface area contributed by atoms with Crippen LogP contribution in [0.5, 0.6) is 0 Å². The number of carbonyl (C=O) groups excluding carboxylic acids is 1. The first-order chi connectivity index (χ1) is 12.7. The van der Waals surface area contributed by atoms with Crippen molar-refractivity contribution in [3.05, 3.63) is 59.7 Å². The first-order valence-electron chi connectivity index (χ1n) is 8.99. The minimum Gasteiger partial charge on any atom is -0.375 e. The highest BCUT2D eigenvalue weighted by Crippen LogP contribution is 2.40. The van der Waals surface area contributed by atoms with Gasteiger partial charge in [0.15, 0.2) is 0 Å². The van der Waals surface area contributed by atoms with Gasteiger partial charge in [-0.1, -0.05) is 6.07 Å². The van der Waals surface area contributed by atoms with Gasteiger partial charge in [-0.15, -0.1) is 0 Å². The topological polar surface area (TPSA) is 64.6 Å². The summed E-state index contributed by atoms with van der Waals surface area (Å²) in [5.41, 5.74) is 2.31. The second-order valence-corrected chi connectivity index (χ2v) is 7.15. The lowest BCUT2D eigenvalue weighted by atomic mass is 9.81. The van der Waals surface area contributed by atoms with Crippen LogP contribution in [0.1, 0.15) is 28.0 Å². The molecule has 0 N–H and O–H groups in total. The number of rotatable bonds is 5. The standard InChI is InChI=1S/C20H23N3O3/c1-15-8-16(10-21-9-15)19(24)23-13-20(14-23)17(5-7-26-20)11-25-12-18-4-2-3-6-22-18/h2-4,6,8-10,17H,5,7,11-14H2,1H3/t17-/m0/s1. The molecule has 0 aromatic carbocycles. The Hall–Kier alpha value is -2.31. The Balaban J connectivity index is 1.32. The number of amides is 1. The highest BCUT2D eigenvalue weighted by Gasteiger charge is 2.54. The van der Waals surface area contributed by atoms with Gasteiger partial charge in [0, 0.05) is 31.1 Å². The lowest BCUT2D eigenvalue weighted by molar-refractivity contribution is -0.129. The van der Waals surface area contributed by atoms with E-state index in [-0.39, 0.29) is 11.5 Å². The van der Waals surface area contributed by atoms with E-state index < -0.39 is 0 Å². The van der Waals surface area contributed by atoms with Gasteiger partial charge < -0.3 is 14.4 Å². The molecule has 136 valence electrons. The van der Waals surface area contributed by atoms with Gasteiger partial charge in [0.1, 0.15) is 5.60 Å². The maximum absolute atomic E-state index is 12.6. The molecule has 6 nitrogen and oxygen atoms in total. The van der Waals surface area contributed by atoms with Gasteiger partial charge in [0.25, 0.3) is 5.91 Å². The number of hydrogen-bond acceptors (Lipinski definition) is 5. The second-order valence-electron chi connectivity index (χ2n) is 7.15. The second kappa shape index (κ2) is 7.13. The molecule has 2 aromatic heterocycles. The molecule has 1 atom stereocenters. The fourth-order valence-electron chi connectivity index (χ4n) is 3.76. The van der Waals surface area contributed by atoms with Gasteiger partial charge >= 0.3 is 0 Å². The Bertz CT molecular complexity index is 775. The number of ether oxygens (including phenoxy) is 2. The van der Waals surface area contributed by atoms with Crippen LogP contribution in [0, 0.1) is 12.8 Å². The van der Waals surface area contributed by atoms with Crippen LogP contribution in [-0.4, -0.2) is 52.7 Å². The van der Waals surface area contributed by atoms with E-state index >= 15 is 0 Å². The van der Waals surface area contributed by atoms with Crippen molar-refractivity contribution >= 4 is 5.91 Å². The molecule has 2 aliphatic heterocycles. The monoisotopic (exact) mass is 353 g/mol. The number of aryl methyl sites for hydroxylation is 1. The third-order valence-electron chi connectivity index (χ3n) is 5.22. The third kappa shape index (κ3) is 3.34. The van der Waals surface area contributed by atoms with Crippen molar-refractivity contribution in [3.8, 4) is 0 Å². The average Bonchev–Trinajstić information content (AvgIpc) is 3.05. The summed E-state index contributed by atoms with van der Waals surface area (Å²) in [6, 6.07) is 7.69. The van der Waals surface area contributed by atoms with Gasteiger partial charge in [-0.25, -0.2) is 0 Å². The molecule has 0 radical (unpaired) electrons. The van der Waals surface area contributed by atoms with Crippen molar-refractivity contribution in [1.82, 2.24) is 14.9 Å². The number of aromatic nitrogens is 2. The van der Waals surface area contributed by atoms with E-state index in [1.54, 1.807) is 18.6 Å². The molecule has 2 fully saturated rings. The summed E-state index contributed by atoms with van der Waals surface area (Å²) < 4.78 is 11.9. The van der Waals surface area contributed by atoms with Crippen molar-refractivity contribution in [2.24, 2.45) is 5.92 Å². The summed E-state index contributed by atoms with van der Waals surface area (Å²) in [6.07, 6.45) is 6.12. The first kappa shape index (κ1) is 17.1. The summed E-state index contributed by atoms with van der Waals surface area (Å²) in [5.74, 6) is 0.335. The maximum Gasteiger partial charge on any atom is 0.255 e. The van der Waals surface area contributed by atoms with Crippen LogP contribution in [0.15, 0.2) is 42.9 Å². The highest BCUT2D eigenvalue weighted by molar-refractivity contribution is 5.94. The summed E-state index contributed by atoms with van der Waals surface area (Å²) in [5, 5.41) is 0. The van der Waals surface area contributed by atoms with Crippen LogP contribution >= 0.6 is 0 Å². The number of nitrogens with zero attached hydrogens (tertiary/aromatic N) is 3. The average molecular weight is 353 g/mol. The molecule has 4 rings (SSSR count). The van der Waals surface area contributed by atoms with Gasteiger partial charge in [-0.3, -0.25) is 14.8 Å². The van der Waals surface area contributed by atoms with E-state index in [9.17, 15) is 4.79 Å². The summed E-state index contributed by atoms with van der Waals surface area (Å²) >= 11 is 0. The Morgan fingerprint density at radius 3 is 3.04 bits per heavy atom. The molecule has 2 saturated heterocycles. The molecule has 0 bridgehead atoms. The lowest BCUT2D eigenvalue weighted by Crippen LogP contribution is -2.66. The Kier molecular flexibility index (Phi) is 4.70. The van der Waals surface area contributed by atoms with Crippen molar-refractivity contribution in [1.29, 1.82) is 0 Å². The Labute approximate surface area is 153 Å². The number of hydrogen-bond donors (Lipinski definition) is 0. The van der Waals surface area contributed by atoms with Gasteiger partial charge in [0.2, 0.25) is 0 Å². The summed E-state index contributed by atoms with van der Waals surface area (Å²) in [4.78, 5) is 22.8. The van der Waals surface area contributed by atoms with Gasteiger partial charge in [0.05, 0.1) is 37.6 Å². The van der Waals surface area contributed by atoms with Gasteiger partial charge in [-0.2, -0.15) is 0 Å². The SMILES string of the molecule is Cc1cncc(C(=O)N2CC3(C2)OCC[C@H]3COCc2ccccn2)c1. The molecule has 2 aliphatic rings. The molecule has 26 heavy (non-hydrogen) atoms. The minimum atomic E-state index is -0.253. The molecule has 6 heteroatoms. The summed E-state index contributed by atoms with van der Waals surface area (Å²) in [6.45, 7) is 5.05. The molecule has 0 unspecified atom stereocenters. The third-order valence-corrected chi connectivity index (χ3v) is 5.22. The zero-order chi connectivity index (χ0) is 18.0. The number of pyridine rings is 2. The molecular weight excluding hydrogens is 330 g/mol. The summed E-state index contributed by atoms with van der Waals surface area (Å²) in [7, 11) is 0. The van der Waals surface area contributed by atoms with E-state index in [2.05, 4.69) is 9.97 Å². The zero-order valence-corrected chi connectivity index (χ0v) is 14.9. The van der Waals surface area contributed by atoms with E-state index in [1.807, 2.05) is 36.1 Å². The van der Waals surface area contributed by atoms with Crippen LogP contribution in [0.25, 0.3) is 0 Å². The molecule has 0 saturated carbocycles. The van der Waals surface area contributed by atoms with Crippen molar-refractivity contribution < 1.29 is 14.3 Å². The number of carbonyl (C=O) groups is 1. The molecular formula is C20H23N3O3. The first-order valence-corrected chi connectivity index (χ1v) is 8.99. The smallest absolute Gasteiger partial charge is 0.255 e. The predicted octanol–water partition coefficient (Wildman–Crippen LogP) is 2.23. The Morgan fingerprint density at radius 2 is 2.27 bits per heavy atom. The largest absolute Gasteiger partial charge is 0.375 e. The normalized spacial score (nSPS) is 21.0. The lowest BCUT2D eigenvalue weighted by Gasteiger charge is -2.50. The molecule has 1 spiro atoms. The maximum atomic E-state index is 12.6. The van der Waals surface area contributed by atoms with Crippen LogP contribution < -0.4 is 0 Å². The molecule has 4 heterocycles. The van der Waals surface area contributed by atoms with E-state index in [0.717, 1.165) is 24.3 Å².